The third-order valence-electron chi connectivity index (χ3n) is 7.25. The fourth-order valence-electron chi connectivity index (χ4n) is 5.29. The molecule has 0 fully saturated rings. The van der Waals surface area contributed by atoms with Gasteiger partial charge in [-0.05, 0) is 52.5 Å². The Labute approximate surface area is 269 Å². The fraction of sp³-hybridized carbons (Fsp3) is 0.111. The molecule has 0 N–H and O–H groups in total. The van der Waals surface area contributed by atoms with E-state index >= 15 is 0 Å². The van der Waals surface area contributed by atoms with Crippen molar-refractivity contribution < 1.29 is 42.9 Å². The molecular formula is C36H32ClN3O6. The van der Waals surface area contributed by atoms with Crippen LogP contribution in [0.5, 0.6) is 11.5 Å². The topological polar surface area (TPSA) is 129 Å². The summed E-state index contributed by atoms with van der Waals surface area (Å²) in [6.07, 6.45) is 0. The van der Waals surface area contributed by atoms with Gasteiger partial charge >= 0.3 is 5.84 Å². The van der Waals surface area contributed by atoms with Gasteiger partial charge in [-0.3, -0.25) is 4.90 Å². The second-order valence-corrected chi connectivity index (χ2v) is 10.9. The van der Waals surface area contributed by atoms with Crippen molar-refractivity contribution in [2.75, 3.05) is 19.1 Å². The predicted molar refractivity (Wildman–Crippen MR) is 166 cm³/mol. The summed E-state index contributed by atoms with van der Waals surface area (Å²) in [5.41, 5.74) is 6.41. The number of methoxy groups -OCH3 is 2. The summed E-state index contributed by atoms with van der Waals surface area (Å²) >= 11 is 0. The number of aliphatic imine (C=N–C) groups is 1. The fourth-order valence-corrected chi connectivity index (χ4v) is 5.29. The number of hydrogen-bond donors (Lipinski definition) is 0. The molecule has 10 heteroatoms. The summed E-state index contributed by atoms with van der Waals surface area (Å²) in [5, 5.41) is 0. The first-order chi connectivity index (χ1) is 22.3. The van der Waals surface area contributed by atoms with E-state index in [2.05, 4.69) is 94.4 Å². The molecule has 234 valence electrons. The van der Waals surface area contributed by atoms with Crippen molar-refractivity contribution in [2.24, 2.45) is 4.99 Å². The number of amidine groups is 2. The van der Waals surface area contributed by atoms with Gasteiger partial charge in [-0.15, -0.1) is 10.2 Å². The maximum atomic E-state index is 8.49. The van der Waals surface area contributed by atoms with E-state index in [1.165, 1.54) is 11.1 Å². The van der Waals surface area contributed by atoms with Crippen LogP contribution in [-0.2, 0) is 13.1 Å². The number of fused-ring (bicyclic) bond motifs is 1. The Kier molecular flexibility index (Phi) is 10.4. The first-order valence-corrected chi connectivity index (χ1v) is 15.6. The van der Waals surface area contributed by atoms with E-state index in [1.54, 1.807) is 14.2 Å². The van der Waals surface area contributed by atoms with E-state index in [0.29, 0.717) is 13.1 Å². The van der Waals surface area contributed by atoms with Gasteiger partial charge in [0.1, 0.15) is 12.3 Å². The van der Waals surface area contributed by atoms with E-state index in [0.717, 1.165) is 45.7 Å². The second-order valence-electron chi connectivity index (χ2n) is 10.2. The normalized spacial score (nSPS) is 13.1. The average molecular weight is 638 g/mol. The molecule has 0 unspecified atom stereocenters. The van der Waals surface area contributed by atoms with Crippen LogP contribution in [0.15, 0.2) is 138 Å². The Bertz CT molecular complexity index is 1820. The molecule has 5 aromatic rings. The summed E-state index contributed by atoms with van der Waals surface area (Å²) in [7, 11) is -1.52. The summed E-state index contributed by atoms with van der Waals surface area (Å²) in [4.78, 5) is 7.68. The van der Waals surface area contributed by atoms with Crippen molar-refractivity contribution in [1.29, 1.82) is 0 Å². The molecule has 0 bridgehead atoms. The van der Waals surface area contributed by atoms with Crippen LogP contribution in [-0.4, -0.2) is 30.5 Å². The molecule has 5 aromatic carbocycles. The Morgan fingerprint density at radius 3 is 1.74 bits per heavy atom. The molecule has 0 saturated heterocycles. The van der Waals surface area contributed by atoms with Gasteiger partial charge in [-0.25, -0.2) is 23.2 Å². The Hall–Kier alpha value is -5.03. The van der Waals surface area contributed by atoms with Crippen LogP contribution in [0.2, 0.25) is 0 Å². The molecule has 0 atom stereocenters. The molecule has 0 aliphatic carbocycles. The molecular weight excluding hydrogens is 606 g/mol. The van der Waals surface area contributed by atoms with E-state index in [4.69, 9.17) is 33.1 Å². The van der Waals surface area contributed by atoms with E-state index in [-0.39, 0.29) is 0 Å². The van der Waals surface area contributed by atoms with Gasteiger partial charge in [0.15, 0.2) is 11.4 Å². The van der Waals surface area contributed by atoms with Crippen LogP contribution in [0.4, 0.5) is 11.4 Å². The molecule has 0 aromatic heterocycles. The van der Waals surface area contributed by atoms with Gasteiger partial charge < -0.3 is 9.47 Å². The summed E-state index contributed by atoms with van der Waals surface area (Å²) in [5.74, 6) is 3.33. The maximum Gasteiger partial charge on any atom is 0.334 e. The largest absolute Gasteiger partial charge is 0.495 e. The minimum absolute atomic E-state index is 0.634. The van der Waals surface area contributed by atoms with Crippen LogP contribution < -0.4 is 33.0 Å². The van der Waals surface area contributed by atoms with E-state index < -0.39 is 10.2 Å². The minimum atomic E-state index is -4.94. The van der Waals surface area contributed by atoms with Crippen LogP contribution in [0.1, 0.15) is 22.3 Å². The lowest BCUT2D eigenvalue weighted by Crippen LogP contribution is -2.68. The molecule has 0 spiro atoms. The van der Waals surface area contributed by atoms with Gasteiger partial charge in [0, 0.05) is 0 Å². The van der Waals surface area contributed by atoms with Crippen LogP contribution in [0.25, 0.3) is 0 Å². The molecule has 0 amide bonds. The number of rotatable bonds is 8. The summed E-state index contributed by atoms with van der Waals surface area (Å²) < 4.78 is 47.9. The number of benzene rings is 5. The van der Waals surface area contributed by atoms with Crippen molar-refractivity contribution in [3.63, 3.8) is 0 Å². The SMILES string of the molecule is COc1ccccc1N(Cc1ccccc1)C1=NC(=[N+](Cc2ccccc2)c2ccccc2OC)c2ccccc21.[O-][Cl+3]([O-])([O-])[O-]. The summed E-state index contributed by atoms with van der Waals surface area (Å²) in [6.45, 7) is 1.27. The molecule has 0 saturated carbocycles. The molecule has 46 heavy (non-hydrogen) atoms. The van der Waals surface area contributed by atoms with Crippen LogP contribution in [0, 0.1) is 10.2 Å². The highest BCUT2D eigenvalue weighted by Gasteiger charge is 2.37. The van der Waals surface area contributed by atoms with Gasteiger partial charge in [0.2, 0.25) is 0 Å². The third-order valence-corrected chi connectivity index (χ3v) is 7.25. The van der Waals surface area contributed by atoms with E-state index in [1.807, 2.05) is 48.5 Å². The number of anilines is 1. The first-order valence-electron chi connectivity index (χ1n) is 14.3. The van der Waals surface area contributed by atoms with Crippen molar-refractivity contribution in [2.45, 2.75) is 13.1 Å². The molecule has 9 nitrogen and oxygen atoms in total. The Morgan fingerprint density at radius 2 is 1.11 bits per heavy atom. The second kappa shape index (κ2) is 14.8. The predicted octanol–water partition coefficient (Wildman–Crippen LogP) is 2.71. The average Bonchev–Trinajstić information content (AvgIpc) is 3.45. The highest BCUT2D eigenvalue weighted by Crippen LogP contribution is 2.35. The number of para-hydroxylation sites is 4. The lowest BCUT2D eigenvalue weighted by Gasteiger charge is -2.24. The zero-order valence-corrected chi connectivity index (χ0v) is 26.0. The third kappa shape index (κ3) is 7.97. The van der Waals surface area contributed by atoms with Gasteiger partial charge in [-0.2, -0.15) is 0 Å². The summed E-state index contributed by atoms with van der Waals surface area (Å²) in [6, 6.07) is 45.6. The Balaban J connectivity index is 0.000000775. The smallest absolute Gasteiger partial charge is 0.334 e. The quantitative estimate of drug-likeness (QED) is 0.239. The highest BCUT2D eigenvalue weighted by atomic mass is 35.7. The van der Waals surface area contributed by atoms with Crippen molar-refractivity contribution in [1.82, 2.24) is 0 Å². The van der Waals surface area contributed by atoms with Crippen molar-refractivity contribution in [3.05, 3.63) is 156 Å². The zero-order valence-electron chi connectivity index (χ0n) is 25.3. The molecule has 1 aliphatic rings. The monoisotopic (exact) mass is 637 g/mol. The lowest BCUT2D eigenvalue weighted by atomic mass is 10.1. The molecule has 0 radical (unpaired) electrons. The van der Waals surface area contributed by atoms with Crippen LogP contribution in [0.3, 0.4) is 0 Å². The minimum Gasteiger partial charge on any atom is -0.495 e. The lowest BCUT2D eigenvalue weighted by molar-refractivity contribution is -2.00. The molecule has 1 heterocycles. The van der Waals surface area contributed by atoms with E-state index in [9.17, 15) is 0 Å². The van der Waals surface area contributed by atoms with Gasteiger partial charge in [-0.1, -0.05) is 97.1 Å². The van der Waals surface area contributed by atoms with Gasteiger partial charge in [0.05, 0.1) is 37.6 Å². The van der Waals surface area contributed by atoms with Crippen molar-refractivity contribution in [3.8, 4) is 11.5 Å². The molecule has 6 rings (SSSR count). The van der Waals surface area contributed by atoms with Crippen LogP contribution >= 0.6 is 0 Å². The van der Waals surface area contributed by atoms with Crippen molar-refractivity contribution >= 4 is 23.0 Å². The number of nitrogens with zero attached hydrogens (tertiary/aromatic N) is 3. The Morgan fingerprint density at radius 1 is 0.609 bits per heavy atom. The zero-order chi connectivity index (χ0) is 32.5. The number of halogens is 1. The standard InChI is InChI=1S/C36H32N3O2.ClHO4/c1-40-33-23-13-11-21-31(33)38(25-27-15-5-3-6-16-27)35-29-19-9-10-20-30(29)36(37-35)39(26-28-17-7-4-8-18-28)32-22-12-14-24-34(32)41-2;2-1(3,4)5/h3-24H,25-26H2,1-2H3;(H,2,3,4,5)/q+1;/p-1. The molecule has 1 aliphatic heterocycles. The maximum absolute atomic E-state index is 8.49. The van der Waals surface area contributed by atoms with Gasteiger partial charge in [0.25, 0.3) is 5.84 Å². The number of hydrogen-bond acceptors (Lipinski definition) is 7. The first kappa shape index (κ1) is 32.4. The number of ether oxygens (including phenoxy) is 2. The highest BCUT2D eigenvalue weighted by molar-refractivity contribution is 6.26.